The van der Waals surface area contributed by atoms with Crippen molar-refractivity contribution < 1.29 is 4.39 Å². The third-order valence-electron chi connectivity index (χ3n) is 2.84. The molecule has 0 bridgehead atoms. The average molecular weight is 230 g/mol. The summed E-state index contributed by atoms with van der Waals surface area (Å²) in [7, 11) is 1.86. The van der Waals surface area contributed by atoms with Gasteiger partial charge in [0.1, 0.15) is 5.82 Å². The van der Waals surface area contributed by atoms with Crippen molar-refractivity contribution in [3.63, 3.8) is 0 Å². The Hall–Kier alpha value is -1.74. The fraction of sp³-hybridized carbons (Fsp3) is 0.214. The molecule has 0 fully saturated rings. The van der Waals surface area contributed by atoms with Gasteiger partial charge in [0, 0.05) is 12.4 Å². The first-order valence-corrected chi connectivity index (χ1v) is 5.55. The lowest BCUT2D eigenvalue weighted by atomic mass is 9.99. The third kappa shape index (κ3) is 2.50. The first-order chi connectivity index (χ1) is 8.22. The molecule has 1 heterocycles. The van der Waals surface area contributed by atoms with Gasteiger partial charge in [-0.1, -0.05) is 18.2 Å². The number of rotatable bonds is 3. The molecule has 0 aliphatic rings. The lowest BCUT2D eigenvalue weighted by molar-refractivity contribution is 0.608. The number of nitrogens with zero attached hydrogens (tertiary/aromatic N) is 1. The van der Waals surface area contributed by atoms with E-state index in [0.29, 0.717) is 5.56 Å². The maximum absolute atomic E-state index is 13.5. The maximum Gasteiger partial charge on any atom is 0.126 e. The first kappa shape index (κ1) is 11.7. The molecular weight excluding hydrogens is 215 g/mol. The minimum Gasteiger partial charge on any atom is -0.309 e. The SMILES string of the molecule is CNC(c1cccnc1)c1ccc(C)c(F)c1. The molecule has 2 rings (SSSR count). The lowest BCUT2D eigenvalue weighted by Gasteiger charge is -2.17. The van der Waals surface area contributed by atoms with Crippen molar-refractivity contribution in [3.8, 4) is 0 Å². The van der Waals surface area contributed by atoms with E-state index in [4.69, 9.17) is 0 Å². The van der Waals surface area contributed by atoms with E-state index in [1.54, 1.807) is 31.5 Å². The molecule has 1 aromatic carbocycles. The van der Waals surface area contributed by atoms with Crippen molar-refractivity contribution in [3.05, 3.63) is 65.2 Å². The van der Waals surface area contributed by atoms with Crippen LogP contribution in [-0.2, 0) is 0 Å². The van der Waals surface area contributed by atoms with Gasteiger partial charge in [-0.25, -0.2) is 4.39 Å². The van der Waals surface area contributed by atoms with Crippen LogP contribution in [0.2, 0.25) is 0 Å². The van der Waals surface area contributed by atoms with E-state index in [9.17, 15) is 4.39 Å². The van der Waals surface area contributed by atoms with E-state index in [-0.39, 0.29) is 11.9 Å². The Morgan fingerprint density at radius 3 is 2.65 bits per heavy atom. The molecule has 2 aromatic rings. The molecule has 1 N–H and O–H groups in total. The Labute approximate surface area is 101 Å². The smallest absolute Gasteiger partial charge is 0.126 e. The summed E-state index contributed by atoms with van der Waals surface area (Å²) in [6.07, 6.45) is 3.52. The van der Waals surface area contributed by atoms with Crippen molar-refractivity contribution >= 4 is 0 Å². The number of hydrogen-bond acceptors (Lipinski definition) is 2. The van der Waals surface area contributed by atoms with Gasteiger partial charge in [-0.15, -0.1) is 0 Å². The molecule has 2 nitrogen and oxygen atoms in total. The lowest BCUT2D eigenvalue weighted by Crippen LogP contribution is -2.18. The number of aryl methyl sites for hydroxylation is 1. The highest BCUT2D eigenvalue weighted by Crippen LogP contribution is 2.22. The molecule has 0 saturated carbocycles. The number of aromatic nitrogens is 1. The molecule has 0 radical (unpaired) electrons. The number of benzene rings is 1. The van der Waals surface area contributed by atoms with Gasteiger partial charge < -0.3 is 5.32 Å². The fourth-order valence-electron chi connectivity index (χ4n) is 1.86. The molecule has 0 spiro atoms. The highest BCUT2D eigenvalue weighted by Gasteiger charge is 2.13. The highest BCUT2D eigenvalue weighted by atomic mass is 19.1. The van der Waals surface area contributed by atoms with Crippen molar-refractivity contribution in [2.45, 2.75) is 13.0 Å². The van der Waals surface area contributed by atoms with E-state index in [1.807, 2.05) is 25.2 Å². The van der Waals surface area contributed by atoms with Gasteiger partial charge in [-0.05, 0) is 42.8 Å². The normalized spacial score (nSPS) is 12.4. The summed E-state index contributed by atoms with van der Waals surface area (Å²) >= 11 is 0. The third-order valence-corrected chi connectivity index (χ3v) is 2.84. The van der Waals surface area contributed by atoms with Crippen LogP contribution in [-0.4, -0.2) is 12.0 Å². The van der Waals surface area contributed by atoms with Crippen LogP contribution in [0.1, 0.15) is 22.7 Å². The van der Waals surface area contributed by atoms with Gasteiger partial charge in [0.25, 0.3) is 0 Å². The second-order valence-corrected chi connectivity index (χ2v) is 4.02. The molecular formula is C14H15FN2. The summed E-state index contributed by atoms with van der Waals surface area (Å²) < 4.78 is 13.5. The molecule has 0 aliphatic carbocycles. The van der Waals surface area contributed by atoms with E-state index in [2.05, 4.69) is 10.3 Å². The molecule has 0 saturated heterocycles. The molecule has 0 amide bonds. The zero-order chi connectivity index (χ0) is 12.3. The van der Waals surface area contributed by atoms with E-state index in [1.165, 1.54) is 0 Å². The standard InChI is InChI=1S/C14H15FN2/c1-10-5-6-11(8-13(10)15)14(16-2)12-4-3-7-17-9-12/h3-9,14,16H,1-2H3. The molecule has 3 heteroatoms. The number of halogens is 1. The Balaban J connectivity index is 2.39. The summed E-state index contributed by atoms with van der Waals surface area (Å²) in [6, 6.07) is 9.14. The summed E-state index contributed by atoms with van der Waals surface area (Å²) in [5.74, 6) is -0.174. The van der Waals surface area contributed by atoms with E-state index in [0.717, 1.165) is 11.1 Å². The minimum atomic E-state index is -0.174. The monoisotopic (exact) mass is 230 g/mol. The first-order valence-electron chi connectivity index (χ1n) is 5.55. The zero-order valence-corrected chi connectivity index (χ0v) is 9.94. The van der Waals surface area contributed by atoms with Gasteiger partial charge in [0.15, 0.2) is 0 Å². The average Bonchev–Trinajstić information content (AvgIpc) is 2.36. The van der Waals surface area contributed by atoms with Gasteiger partial charge in [-0.3, -0.25) is 4.98 Å². The van der Waals surface area contributed by atoms with Crippen LogP contribution in [0.15, 0.2) is 42.7 Å². The number of nitrogens with one attached hydrogen (secondary N) is 1. The second kappa shape index (κ2) is 5.06. The fourth-order valence-corrected chi connectivity index (χ4v) is 1.86. The van der Waals surface area contributed by atoms with E-state index < -0.39 is 0 Å². The minimum absolute atomic E-state index is 0.0289. The largest absolute Gasteiger partial charge is 0.309 e. The predicted octanol–water partition coefficient (Wildman–Crippen LogP) is 2.84. The van der Waals surface area contributed by atoms with Crippen molar-refractivity contribution in [2.75, 3.05) is 7.05 Å². The van der Waals surface area contributed by atoms with Crippen molar-refractivity contribution in [1.82, 2.24) is 10.3 Å². The zero-order valence-electron chi connectivity index (χ0n) is 9.94. The Morgan fingerprint density at radius 2 is 2.06 bits per heavy atom. The summed E-state index contributed by atoms with van der Waals surface area (Å²) in [5, 5.41) is 3.17. The summed E-state index contributed by atoms with van der Waals surface area (Å²) in [5.41, 5.74) is 2.59. The molecule has 1 atom stereocenters. The van der Waals surface area contributed by atoms with Crippen LogP contribution < -0.4 is 5.32 Å². The highest BCUT2D eigenvalue weighted by molar-refractivity contribution is 5.32. The quantitative estimate of drug-likeness (QED) is 0.877. The Morgan fingerprint density at radius 1 is 1.24 bits per heavy atom. The predicted molar refractivity (Wildman–Crippen MR) is 66.3 cm³/mol. The topological polar surface area (TPSA) is 24.9 Å². The number of hydrogen-bond donors (Lipinski definition) is 1. The molecule has 88 valence electrons. The summed E-state index contributed by atoms with van der Waals surface area (Å²) in [4.78, 5) is 4.09. The van der Waals surface area contributed by atoms with Crippen LogP contribution in [0.25, 0.3) is 0 Å². The van der Waals surface area contributed by atoms with Crippen LogP contribution >= 0.6 is 0 Å². The molecule has 1 unspecified atom stereocenters. The van der Waals surface area contributed by atoms with Crippen LogP contribution in [0.5, 0.6) is 0 Å². The van der Waals surface area contributed by atoms with Crippen molar-refractivity contribution in [2.24, 2.45) is 0 Å². The Kier molecular flexibility index (Phi) is 3.49. The van der Waals surface area contributed by atoms with Crippen LogP contribution in [0.3, 0.4) is 0 Å². The summed E-state index contributed by atoms with van der Waals surface area (Å²) in [6.45, 7) is 1.76. The maximum atomic E-state index is 13.5. The molecule has 0 aliphatic heterocycles. The Bertz CT molecular complexity index is 497. The van der Waals surface area contributed by atoms with Gasteiger partial charge in [0.05, 0.1) is 6.04 Å². The number of pyridine rings is 1. The van der Waals surface area contributed by atoms with Gasteiger partial charge in [0.2, 0.25) is 0 Å². The molecule has 1 aromatic heterocycles. The second-order valence-electron chi connectivity index (χ2n) is 4.02. The van der Waals surface area contributed by atoms with Crippen LogP contribution in [0.4, 0.5) is 4.39 Å². The molecule has 17 heavy (non-hydrogen) atoms. The van der Waals surface area contributed by atoms with E-state index >= 15 is 0 Å². The van der Waals surface area contributed by atoms with Gasteiger partial charge in [-0.2, -0.15) is 0 Å². The van der Waals surface area contributed by atoms with Crippen LogP contribution in [0, 0.1) is 12.7 Å². The van der Waals surface area contributed by atoms with Gasteiger partial charge >= 0.3 is 0 Å². The van der Waals surface area contributed by atoms with Crippen molar-refractivity contribution in [1.29, 1.82) is 0 Å².